The summed E-state index contributed by atoms with van der Waals surface area (Å²) < 4.78 is 27.9. The topological polar surface area (TPSA) is 144 Å². The summed E-state index contributed by atoms with van der Waals surface area (Å²) in [5.74, 6) is -0.212. The van der Waals surface area contributed by atoms with Gasteiger partial charge in [0.1, 0.15) is 5.69 Å². The lowest BCUT2D eigenvalue weighted by atomic mass is 9.85. The normalized spacial score (nSPS) is 20.0. The molecule has 1 amide bonds. The summed E-state index contributed by atoms with van der Waals surface area (Å²) in [5, 5.41) is 14.1. The van der Waals surface area contributed by atoms with Crippen LogP contribution in [0.2, 0.25) is 0 Å². The molecule has 0 saturated heterocycles. The van der Waals surface area contributed by atoms with Gasteiger partial charge in [-0.05, 0) is 50.3 Å². The molecule has 10 heteroatoms. The van der Waals surface area contributed by atoms with Crippen molar-refractivity contribution in [2.75, 3.05) is 5.73 Å². The maximum Gasteiger partial charge on any atom is 0.293 e. The van der Waals surface area contributed by atoms with Crippen LogP contribution in [0.25, 0.3) is 0 Å². The third kappa shape index (κ3) is 5.59. The number of anilines is 1. The van der Waals surface area contributed by atoms with E-state index in [1.165, 1.54) is 12.1 Å². The van der Waals surface area contributed by atoms with Gasteiger partial charge in [0.05, 0.1) is 15.9 Å². The third-order valence-corrected chi connectivity index (χ3v) is 7.11. The van der Waals surface area contributed by atoms with E-state index in [0.717, 1.165) is 11.6 Å². The molecule has 1 saturated carbocycles. The second-order valence-electron chi connectivity index (χ2n) is 7.79. The van der Waals surface area contributed by atoms with E-state index in [-0.39, 0.29) is 34.5 Å². The number of sulfonamides is 1. The van der Waals surface area contributed by atoms with Crippen molar-refractivity contribution < 1.29 is 18.1 Å². The first-order chi connectivity index (χ1) is 14.7. The lowest BCUT2D eigenvalue weighted by Crippen LogP contribution is -2.41. The second-order valence-corrected chi connectivity index (χ2v) is 9.50. The summed E-state index contributed by atoms with van der Waals surface area (Å²) in [7, 11) is -3.94. The number of benzene rings is 2. The van der Waals surface area contributed by atoms with Gasteiger partial charge in [0.15, 0.2) is 0 Å². The molecule has 1 aliphatic rings. The minimum Gasteiger partial charge on any atom is -0.393 e. The Kier molecular flexibility index (Phi) is 6.91. The highest BCUT2D eigenvalue weighted by Gasteiger charge is 2.30. The minimum absolute atomic E-state index is 0.0354. The third-order valence-electron chi connectivity index (χ3n) is 5.59. The van der Waals surface area contributed by atoms with E-state index in [1.54, 1.807) is 0 Å². The van der Waals surface area contributed by atoms with Gasteiger partial charge in [-0.3, -0.25) is 14.9 Å². The van der Waals surface area contributed by atoms with Crippen LogP contribution in [-0.2, 0) is 14.8 Å². The van der Waals surface area contributed by atoms with Gasteiger partial charge in [0.2, 0.25) is 15.9 Å². The number of carbonyl (C=O) groups is 1. The van der Waals surface area contributed by atoms with Gasteiger partial charge < -0.3 is 11.1 Å². The van der Waals surface area contributed by atoms with Crippen LogP contribution in [-0.4, -0.2) is 25.3 Å². The van der Waals surface area contributed by atoms with Crippen LogP contribution in [0.1, 0.15) is 44.2 Å². The minimum atomic E-state index is -3.94. The number of nitrogen functional groups attached to an aromatic ring is 1. The molecule has 0 heterocycles. The molecule has 0 spiro atoms. The highest BCUT2D eigenvalue weighted by atomic mass is 32.2. The number of carbonyl (C=O) groups excluding carboxylic acids is 1. The summed E-state index contributed by atoms with van der Waals surface area (Å²) >= 11 is 0. The lowest BCUT2D eigenvalue weighted by Gasteiger charge is -2.29. The summed E-state index contributed by atoms with van der Waals surface area (Å²) in [4.78, 5) is 22.7. The number of nitrogens with two attached hydrogens (primary N) is 1. The molecule has 0 radical (unpaired) electrons. The van der Waals surface area contributed by atoms with Gasteiger partial charge in [-0.2, -0.15) is 0 Å². The van der Waals surface area contributed by atoms with Crippen LogP contribution in [0.4, 0.5) is 11.4 Å². The van der Waals surface area contributed by atoms with Gasteiger partial charge in [-0.15, -0.1) is 0 Å². The summed E-state index contributed by atoms with van der Waals surface area (Å²) in [6, 6.07) is 12.6. The highest BCUT2D eigenvalue weighted by molar-refractivity contribution is 7.89. The quantitative estimate of drug-likeness (QED) is 0.339. The molecule has 0 aromatic heterocycles. The Labute approximate surface area is 181 Å². The zero-order valence-corrected chi connectivity index (χ0v) is 18.0. The van der Waals surface area contributed by atoms with Gasteiger partial charge >= 0.3 is 0 Å². The fourth-order valence-electron chi connectivity index (χ4n) is 3.77. The fourth-order valence-corrected chi connectivity index (χ4v) is 5.09. The van der Waals surface area contributed by atoms with Crippen molar-refractivity contribution in [1.29, 1.82) is 0 Å². The van der Waals surface area contributed by atoms with E-state index in [4.69, 9.17) is 5.73 Å². The molecule has 1 atom stereocenters. The summed E-state index contributed by atoms with van der Waals surface area (Å²) in [5.41, 5.74) is 6.02. The molecule has 2 aromatic carbocycles. The Hall–Kier alpha value is -2.98. The number of nitrogens with zero attached hydrogens (tertiary/aromatic N) is 1. The maximum absolute atomic E-state index is 12.7. The lowest BCUT2D eigenvalue weighted by molar-refractivity contribution is -0.384. The number of nitro groups is 1. The molecule has 1 aliphatic carbocycles. The van der Waals surface area contributed by atoms with Crippen molar-refractivity contribution in [2.45, 2.75) is 49.6 Å². The Balaban J connectivity index is 1.56. The number of rotatable bonds is 7. The highest BCUT2D eigenvalue weighted by Crippen LogP contribution is 2.28. The zero-order valence-electron chi connectivity index (χ0n) is 17.2. The number of hydrogen-bond acceptors (Lipinski definition) is 6. The predicted molar refractivity (Wildman–Crippen MR) is 117 cm³/mol. The molecule has 3 rings (SSSR count). The fraction of sp³-hybridized carbons (Fsp3) is 0.381. The van der Waals surface area contributed by atoms with Gasteiger partial charge in [0.25, 0.3) is 5.69 Å². The summed E-state index contributed by atoms with van der Waals surface area (Å²) in [6.07, 6.45) is 2.13. The molecule has 0 bridgehead atoms. The van der Waals surface area contributed by atoms with Crippen molar-refractivity contribution >= 4 is 27.3 Å². The predicted octanol–water partition coefficient (Wildman–Crippen LogP) is 2.89. The standard InChI is InChI=1S/C21H26N4O5S/c1-14(15-5-3-2-4-6-15)23-21(26)16-7-9-17(10-8-16)24-31(29,30)18-11-12-19(22)20(13-18)25(27)28/h2-6,11-14,16-17,24H,7-10,22H2,1H3,(H,23,26)/t14-,16?,17?/m1/s1. The van der Waals surface area contributed by atoms with E-state index in [2.05, 4.69) is 10.0 Å². The van der Waals surface area contributed by atoms with E-state index >= 15 is 0 Å². The molecule has 9 nitrogen and oxygen atoms in total. The molecule has 0 aliphatic heterocycles. The summed E-state index contributed by atoms with van der Waals surface area (Å²) in [6.45, 7) is 1.93. The van der Waals surface area contributed by atoms with Gasteiger partial charge in [-0.1, -0.05) is 30.3 Å². The molecular weight excluding hydrogens is 420 g/mol. The van der Waals surface area contributed by atoms with E-state index in [0.29, 0.717) is 25.7 Å². The molecule has 0 unspecified atom stereocenters. The smallest absolute Gasteiger partial charge is 0.293 e. The van der Waals surface area contributed by atoms with Crippen molar-refractivity contribution in [3.63, 3.8) is 0 Å². The van der Waals surface area contributed by atoms with Crippen molar-refractivity contribution in [3.8, 4) is 0 Å². The van der Waals surface area contributed by atoms with Crippen molar-refractivity contribution in [1.82, 2.24) is 10.0 Å². The average molecular weight is 447 g/mol. The van der Waals surface area contributed by atoms with Crippen LogP contribution >= 0.6 is 0 Å². The molecule has 166 valence electrons. The van der Waals surface area contributed by atoms with Crippen LogP contribution in [0.15, 0.2) is 53.4 Å². The number of hydrogen-bond donors (Lipinski definition) is 3. The number of nitro benzene ring substituents is 1. The molecular formula is C21H26N4O5S. The number of nitrogens with one attached hydrogen (secondary N) is 2. The average Bonchev–Trinajstić information content (AvgIpc) is 2.74. The Morgan fingerprint density at radius 2 is 1.77 bits per heavy atom. The van der Waals surface area contributed by atoms with E-state index in [1.807, 2.05) is 37.3 Å². The van der Waals surface area contributed by atoms with Crippen molar-refractivity contribution in [3.05, 3.63) is 64.2 Å². The first kappa shape index (κ1) is 22.7. The van der Waals surface area contributed by atoms with Crippen LogP contribution in [0, 0.1) is 16.0 Å². The first-order valence-electron chi connectivity index (χ1n) is 10.1. The van der Waals surface area contributed by atoms with E-state index < -0.39 is 20.6 Å². The van der Waals surface area contributed by atoms with Gasteiger partial charge in [0, 0.05) is 18.0 Å². The van der Waals surface area contributed by atoms with E-state index in [9.17, 15) is 23.3 Å². The zero-order chi connectivity index (χ0) is 22.6. The second kappa shape index (κ2) is 9.44. The Bertz CT molecular complexity index is 1050. The molecule has 1 fully saturated rings. The first-order valence-corrected chi connectivity index (χ1v) is 11.6. The van der Waals surface area contributed by atoms with Crippen molar-refractivity contribution in [2.24, 2.45) is 5.92 Å². The molecule has 31 heavy (non-hydrogen) atoms. The Morgan fingerprint density at radius 1 is 1.13 bits per heavy atom. The largest absolute Gasteiger partial charge is 0.393 e. The number of amides is 1. The van der Waals surface area contributed by atoms with Crippen LogP contribution in [0.5, 0.6) is 0 Å². The van der Waals surface area contributed by atoms with Crippen LogP contribution in [0.3, 0.4) is 0 Å². The molecule has 4 N–H and O–H groups in total. The maximum atomic E-state index is 12.7. The Morgan fingerprint density at radius 3 is 2.39 bits per heavy atom. The monoisotopic (exact) mass is 446 g/mol. The SMILES string of the molecule is C[C@@H](NC(=O)C1CCC(NS(=O)(=O)c2ccc(N)c([N+](=O)[O-])c2)CC1)c1ccccc1. The molecule has 2 aromatic rings. The van der Waals surface area contributed by atoms with Crippen LogP contribution < -0.4 is 15.8 Å². The van der Waals surface area contributed by atoms with Gasteiger partial charge in [-0.25, -0.2) is 13.1 Å².